The highest BCUT2D eigenvalue weighted by Gasteiger charge is 2.28. The van der Waals surface area contributed by atoms with E-state index in [4.69, 9.17) is 4.74 Å². The molecule has 1 aliphatic rings. The lowest BCUT2D eigenvalue weighted by molar-refractivity contribution is -0.122. The van der Waals surface area contributed by atoms with Crippen molar-refractivity contribution in [3.8, 4) is 6.07 Å². The van der Waals surface area contributed by atoms with Crippen molar-refractivity contribution in [2.24, 2.45) is 5.92 Å². The normalized spacial score (nSPS) is 17.3. The SMILES string of the molecule is N#CC(C(=O)NCc1ccccc1)C(=O)c1cccc(C2CCOC2)c1. The zero-order chi connectivity index (χ0) is 18.4. The first-order chi connectivity index (χ1) is 12.7. The van der Waals surface area contributed by atoms with E-state index in [1.165, 1.54) is 0 Å². The molecule has 1 fully saturated rings. The van der Waals surface area contributed by atoms with Crippen LogP contribution in [0.25, 0.3) is 0 Å². The van der Waals surface area contributed by atoms with Crippen LogP contribution < -0.4 is 5.32 Å². The second kappa shape index (κ2) is 8.41. The first-order valence-corrected chi connectivity index (χ1v) is 8.62. The Kier molecular flexibility index (Phi) is 5.77. The maximum Gasteiger partial charge on any atom is 0.245 e. The fourth-order valence-corrected chi connectivity index (χ4v) is 3.03. The quantitative estimate of drug-likeness (QED) is 0.643. The molecule has 0 aliphatic carbocycles. The van der Waals surface area contributed by atoms with Gasteiger partial charge in [0.25, 0.3) is 0 Å². The number of carbonyl (C=O) groups excluding carboxylic acids is 2. The van der Waals surface area contributed by atoms with Crippen LogP contribution in [0.15, 0.2) is 54.6 Å². The molecule has 2 aromatic rings. The fraction of sp³-hybridized carbons (Fsp3) is 0.286. The van der Waals surface area contributed by atoms with Gasteiger partial charge < -0.3 is 10.1 Å². The summed E-state index contributed by atoms with van der Waals surface area (Å²) in [5.74, 6) is -2.14. The van der Waals surface area contributed by atoms with Crippen molar-refractivity contribution in [2.75, 3.05) is 13.2 Å². The Hall–Kier alpha value is -2.97. The largest absolute Gasteiger partial charge is 0.381 e. The number of ether oxygens (including phenoxy) is 1. The van der Waals surface area contributed by atoms with E-state index in [1.807, 2.05) is 42.5 Å². The summed E-state index contributed by atoms with van der Waals surface area (Å²) >= 11 is 0. The summed E-state index contributed by atoms with van der Waals surface area (Å²) in [4.78, 5) is 25.0. The van der Waals surface area contributed by atoms with Gasteiger partial charge in [0.2, 0.25) is 5.91 Å². The number of nitriles is 1. The molecule has 2 aromatic carbocycles. The summed E-state index contributed by atoms with van der Waals surface area (Å²) in [6.45, 7) is 1.63. The molecule has 1 saturated heterocycles. The summed E-state index contributed by atoms with van der Waals surface area (Å²) in [6.07, 6.45) is 0.914. The van der Waals surface area contributed by atoms with E-state index >= 15 is 0 Å². The third-order valence-corrected chi connectivity index (χ3v) is 4.54. The van der Waals surface area contributed by atoms with Crippen molar-refractivity contribution in [3.63, 3.8) is 0 Å². The molecule has 0 radical (unpaired) electrons. The molecule has 1 heterocycles. The molecule has 0 aromatic heterocycles. The van der Waals surface area contributed by atoms with Gasteiger partial charge >= 0.3 is 0 Å². The first kappa shape index (κ1) is 17.8. The van der Waals surface area contributed by atoms with Crippen LogP contribution in [0.3, 0.4) is 0 Å². The molecular weight excluding hydrogens is 328 g/mol. The predicted octanol–water partition coefficient (Wildman–Crippen LogP) is 2.83. The van der Waals surface area contributed by atoms with Gasteiger partial charge in [0.05, 0.1) is 12.7 Å². The lowest BCUT2D eigenvalue weighted by Crippen LogP contribution is -2.34. The molecule has 0 bridgehead atoms. The number of rotatable bonds is 6. The van der Waals surface area contributed by atoms with Crippen LogP contribution in [0.1, 0.15) is 33.8 Å². The van der Waals surface area contributed by atoms with Crippen LogP contribution >= 0.6 is 0 Å². The van der Waals surface area contributed by atoms with Gasteiger partial charge in [0, 0.05) is 24.6 Å². The predicted molar refractivity (Wildman–Crippen MR) is 96.3 cm³/mol. The molecule has 0 saturated carbocycles. The van der Waals surface area contributed by atoms with Crippen molar-refractivity contribution < 1.29 is 14.3 Å². The van der Waals surface area contributed by atoms with E-state index in [0.29, 0.717) is 18.8 Å². The standard InChI is InChI=1S/C21H20N2O3/c22-12-19(21(25)23-13-15-5-2-1-3-6-15)20(24)17-8-4-7-16(11-17)18-9-10-26-14-18/h1-8,11,18-19H,9-10,13-14H2,(H,23,25). The van der Waals surface area contributed by atoms with Crippen LogP contribution in [0.2, 0.25) is 0 Å². The number of nitrogens with zero attached hydrogens (tertiary/aromatic N) is 1. The molecule has 5 nitrogen and oxygen atoms in total. The minimum Gasteiger partial charge on any atom is -0.381 e. The third-order valence-electron chi connectivity index (χ3n) is 4.54. The number of amides is 1. The molecule has 1 N–H and O–H groups in total. The van der Waals surface area contributed by atoms with Crippen LogP contribution in [-0.4, -0.2) is 24.9 Å². The molecule has 3 rings (SSSR count). The van der Waals surface area contributed by atoms with Gasteiger partial charge in [-0.25, -0.2) is 0 Å². The Balaban J connectivity index is 1.69. The van der Waals surface area contributed by atoms with E-state index < -0.39 is 17.6 Å². The van der Waals surface area contributed by atoms with Gasteiger partial charge in [-0.2, -0.15) is 5.26 Å². The highest BCUT2D eigenvalue weighted by atomic mass is 16.5. The van der Waals surface area contributed by atoms with Crippen LogP contribution in [0.4, 0.5) is 0 Å². The van der Waals surface area contributed by atoms with Gasteiger partial charge in [0.1, 0.15) is 0 Å². The average Bonchev–Trinajstić information content (AvgIpc) is 3.22. The smallest absolute Gasteiger partial charge is 0.245 e. The number of hydrogen-bond donors (Lipinski definition) is 1. The summed E-state index contributed by atoms with van der Waals surface area (Å²) < 4.78 is 5.39. The Morgan fingerprint density at radius 2 is 2.00 bits per heavy atom. The monoisotopic (exact) mass is 348 g/mol. The highest BCUT2D eigenvalue weighted by molar-refractivity contribution is 6.12. The van der Waals surface area contributed by atoms with E-state index in [1.54, 1.807) is 18.2 Å². The van der Waals surface area contributed by atoms with Crippen LogP contribution in [-0.2, 0) is 16.1 Å². The maximum absolute atomic E-state index is 12.7. The molecule has 0 spiro atoms. The molecular formula is C21H20N2O3. The highest BCUT2D eigenvalue weighted by Crippen LogP contribution is 2.26. The molecule has 132 valence electrons. The Morgan fingerprint density at radius 1 is 1.19 bits per heavy atom. The second-order valence-corrected chi connectivity index (χ2v) is 6.32. The summed E-state index contributed by atoms with van der Waals surface area (Å²) in [6, 6.07) is 18.4. The first-order valence-electron chi connectivity index (χ1n) is 8.62. The summed E-state index contributed by atoms with van der Waals surface area (Å²) in [5, 5.41) is 12.0. The Morgan fingerprint density at radius 3 is 2.69 bits per heavy atom. The third kappa shape index (κ3) is 4.16. The number of hydrogen-bond acceptors (Lipinski definition) is 4. The lowest BCUT2D eigenvalue weighted by Gasteiger charge is -2.12. The van der Waals surface area contributed by atoms with Gasteiger partial charge in [-0.1, -0.05) is 48.5 Å². The summed E-state index contributed by atoms with van der Waals surface area (Å²) in [5.41, 5.74) is 2.30. The van der Waals surface area contributed by atoms with Crippen molar-refractivity contribution in [1.82, 2.24) is 5.32 Å². The van der Waals surface area contributed by atoms with Gasteiger partial charge in [-0.05, 0) is 23.6 Å². The van der Waals surface area contributed by atoms with Crippen molar-refractivity contribution in [3.05, 3.63) is 71.3 Å². The van der Waals surface area contributed by atoms with Gasteiger partial charge in [-0.3, -0.25) is 9.59 Å². The average molecular weight is 348 g/mol. The minimum atomic E-state index is -1.35. The number of nitrogens with one attached hydrogen (secondary N) is 1. The summed E-state index contributed by atoms with van der Waals surface area (Å²) in [7, 11) is 0. The molecule has 2 atom stereocenters. The minimum absolute atomic E-state index is 0.259. The van der Waals surface area contributed by atoms with Crippen molar-refractivity contribution in [2.45, 2.75) is 18.9 Å². The Bertz CT molecular complexity index is 821. The van der Waals surface area contributed by atoms with E-state index in [2.05, 4.69) is 5.32 Å². The maximum atomic E-state index is 12.7. The molecule has 1 aliphatic heterocycles. The lowest BCUT2D eigenvalue weighted by atomic mass is 9.92. The number of carbonyl (C=O) groups is 2. The van der Waals surface area contributed by atoms with E-state index in [-0.39, 0.29) is 12.5 Å². The molecule has 2 unspecified atom stereocenters. The zero-order valence-electron chi connectivity index (χ0n) is 14.4. The topological polar surface area (TPSA) is 79.2 Å². The molecule has 1 amide bonds. The molecule has 26 heavy (non-hydrogen) atoms. The number of benzene rings is 2. The van der Waals surface area contributed by atoms with E-state index in [0.717, 1.165) is 17.5 Å². The molecule has 5 heteroatoms. The van der Waals surface area contributed by atoms with E-state index in [9.17, 15) is 14.9 Å². The van der Waals surface area contributed by atoms with Crippen LogP contribution in [0, 0.1) is 17.2 Å². The van der Waals surface area contributed by atoms with Crippen LogP contribution in [0.5, 0.6) is 0 Å². The second-order valence-electron chi connectivity index (χ2n) is 6.32. The van der Waals surface area contributed by atoms with Crippen molar-refractivity contribution in [1.29, 1.82) is 5.26 Å². The van der Waals surface area contributed by atoms with Gasteiger partial charge in [0.15, 0.2) is 11.7 Å². The van der Waals surface area contributed by atoms with Crippen molar-refractivity contribution >= 4 is 11.7 Å². The number of ketones is 1. The zero-order valence-corrected chi connectivity index (χ0v) is 14.4. The number of Topliss-reactive ketones (excluding diaryl/α,β-unsaturated/α-hetero) is 1. The van der Waals surface area contributed by atoms with Gasteiger partial charge in [-0.15, -0.1) is 0 Å². The fourth-order valence-electron chi connectivity index (χ4n) is 3.03. The Labute approximate surface area is 152 Å².